The summed E-state index contributed by atoms with van der Waals surface area (Å²) in [6, 6.07) is 14.5. The molecular formula is C16H15FN2O2. The zero-order valence-electron chi connectivity index (χ0n) is 11.5. The Morgan fingerprint density at radius 3 is 2.24 bits per heavy atom. The van der Waals surface area contributed by atoms with Crippen LogP contribution in [0.5, 0.6) is 0 Å². The monoisotopic (exact) mass is 286 g/mol. The van der Waals surface area contributed by atoms with Crippen LogP contribution in [0.1, 0.15) is 17.3 Å². The highest BCUT2D eigenvalue weighted by atomic mass is 19.1. The molecular weight excluding hydrogens is 271 g/mol. The molecule has 0 aliphatic carbocycles. The average molecular weight is 286 g/mol. The number of ketones is 1. The van der Waals surface area contributed by atoms with E-state index in [0.717, 1.165) is 0 Å². The summed E-state index contributed by atoms with van der Waals surface area (Å²) in [4.78, 5) is 23.7. The molecule has 1 amide bonds. The van der Waals surface area contributed by atoms with E-state index < -0.39 is 12.0 Å². The van der Waals surface area contributed by atoms with E-state index in [1.165, 1.54) is 19.1 Å². The van der Waals surface area contributed by atoms with Crippen LogP contribution in [0.2, 0.25) is 0 Å². The molecule has 0 bridgehead atoms. The number of benzene rings is 2. The number of hydrogen-bond acceptors (Lipinski definition) is 3. The summed E-state index contributed by atoms with van der Waals surface area (Å²) in [6.07, 6.45) is -1.03. The fraction of sp³-hybridized carbons (Fsp3) is 0.125. The predicted molar refractivity (Wildman–Crippen MR) is 78.4 cm³/mol. The molecule has 0 heterocycles. The van der Waals surface area contributed by atoms with E-state index in [-0.39, 0.29) is 17.4 Å². The van der Waals surface area contributed by atoms with Crippen molar-refractivity contribution in [1.82, 2.24) is 5.32 Å². The van der Waals surface area contributed by atoms with Gasteiger partial charge in [0.2, 0.25) is 11.7 Å². The van der Waals surface area contributed by atoms with Crippen LogP contribution in [-0.2, 0) is 4.79 Å². The molecule has 2 aromatic rings. The highest BCUT2D eigenvalue weighted by Gasteiger charge is 2.21. The van der Waals surface area contributed by atoms with Gasteiger partial charge in [-0.25, -0.2) is 4.39 Å². The number of halogens is 1. The topological polar surface area (TPSA) is 58.2 Å². The van der Waals surface area contributed by atoms with Crippen LogP contribution in [0.15, 0.2) is 54.6 Å². The van der Waals surface area contributed by atoms with Crippen LogP contribution in [0.4, 0.5) is 10.1 Å². The Labute approximate surface area is 122 Å². The van der Waals surface area contributed by atoms with Crippen LogP contribution in [-0.4, -0.2) is 17.9 Å². The molecule has 0 radical (unpaired) electrons. The second-order valence-electron chi connectivity index (χ2n) is 4.49. The SMILES string of the molecule is CC(=O)NC(Nc1ccccc1F)C(=O)c1ccccc1. The molecule has 0 aliphatic heterocycles. The molecule has 1 unspecified atom stereocenters. The van der Waals surface area contributed by atoms with Gasteiger partial charge < -0.3 is 10.6 Å². The van der Waals surface area contributed by atoms with Crippen molar-refractivity contribution in [3.05, 3.63) is 66.0 Å². The van der Waals surface area contributed by atoms with Gasteiger partial charge in [-0.1, -0.05) is 42.5 Å². The molecule has 5 heteroatoms. The van der Waals surface area contributed by atoms with Gasteiger partial charge >= 0.3 is 0 Å². The lowest BCUT2D eigenvalue weighted by molar-refractivity contribution is -0.119. The van der Waals surface area contributed by atoms with Crippen molar-refractivity contribution in [1.29, 1.82) is 0 Å². The zero-order valence-corrected chi connectivity index (χ0v) is 11.5. The summed E-state index contributed by atoms with van der Waals surface area (Å²) in [5, 5.41) is 5.21. The number of carbonyl (C=O) groups excluding carboxylic acids is 2. The smallest absolute Gasteiger partial charge is 0.218 e. The molecule has 0 spiro atoms. The zero-order chi connectivity index (χ0) is 15.2. The van der Waals surface area contributed by atoms with E-state index in [2.05, 4.69) is 10.6 Å². The van der Waals surface area contributed by atoms with Gasteiger partial charge in [0.05, 0.1) is 5.69 Å². The number of amides is 1. The average Bonchev–Trinajstić information content (AvgIpc) is 2.48. The molecule has 0 fully saturated rings. The minimum absolute atomic E-state index is 0.153. The second kappa shape index (κ2) is 6.65. The normalized spacial score (nSPS) is 11.5. The molecule has 108 valence electrons. The fourth-order valence-electron chi connectivity index (χ4n) is 1.87. The van der Waals surface area contributed by atoms with Crippen molar-refractivity contribution in [2.45, 2.75) is 13.1 Å². The molecule has 4 nitrogen and oxygen atoms in total. The van der Waals surface area contributed by atoms with Gasteiger partial charge in [0, 0.05) is 12.5 Å². The van der Waals surface area contributed by atoms with Crippen LogP contribution in [0.3, 0.4) is 0 Å². The third-order valence-electron chi connectivity index (χ3n) is 2.84. The standard InChI is InChI=1S/C16H15FN2O2/c1-11(20)18-16(15(21)12-7-3-2-4-8-12)19-14-10-6-5-9-13(14)17/h2-10,16,19H,1H3,(H,18,20). The molecule has 1 atom stereocenters. The third kappa shape index (κ3) is 3.89. The van der Waals surface area contributed by atoms with Crippen molar-refractivity contribution < 1.29 is 14.0 Å². The molecule has 0 aromatic heterocycles. The number of anilines is 1. The first-order valence-corrected chi connectivity index (χ1v) is 6.45. The maximum Gasteiger partial charge on any atom is 0.218 e. The van der Waals surface area contributed by atoms with E-state index >= 15 is 0 Å². The van der Waals surface area contributed by atoms with Gasteiger partial charge in [-0.05, 0) is 12.1 Å². The first-order valence-electron chi connectivity index (χ1n) is 6.45. The van der Waals surface area contributed by atoms with Crippen molar-refractivity contribution in [3.63, 3.8) is 0 Å². The Bertz CT molecular complexity index is 644. The van der Waals surface area contributed by atoms with Gasteiger partial charge in [-0.15, -0.1) is 0 Å². The van der Waals surface area contributed by atoms with Crippen molar-refractivity contribution >= 4 is 17.4 Å². The van der Waals surface area contributed by atoms with E-state index in [1.807, 2.05) is 0 Å². The van der Waals surface area contributed by atoms with E-state index in [1.54, 1.807) is 42.5 Å². The molecule has 0 aliphatic rings. The quantitative estimate of drug-likeness (QED) is 0.656. The molecule has 2 N–H and O–H groups in total. The van der Waals surface area contributed by atoms with E-state index in [4.69, 9.17) is 0 Å². The number of rotatable bonds is 5. The van der Waals surface area contributed by atoms with Gasteiger partial charge in [-0.3, -0.25) is 9.59 Å². The van der Waals surface area contributed by atoms with Crippen molar-refractivity contribution in [2.24, 2.45) is 0 Å². The Kier molecular flexibility index (Phi) is 4.66. The lowest BCUT2D eigenvalue weighted by Gasteiger charge is -2.19. The number of Topliss-reactive ketones (excluding diaryl/α,β-unsaturated/α-hetero) is 1. The minimum Gasteiger partial charge on any atom is -0.356 e. The highest BCUT2D eigenvalue weighted by Crippen LogP contribution is 2.14. The Morgan fingerprint density at radius 1 is 1.00 bits per heavy atom. The highest BCUT2D eigenvalue weighted by molar-refractivity contribution is 6.03. The molecule has 0 saturated heterocycles. The van der Waals surface area contributed by atoms with Crippen molar-refractivity contribution in [2.75, 3.05) is 5.32 Å². The van der Waals surface area contributed by atoms with Gasteiger partial charge in [-0.2, -0.15) is 0 Å². The maximum absolute atomic E-state index is 13.7. The Hall–Kier alpha value is -2.69. The minimum atomic E-state index is -1.03. The Morgan fingerprint density at radius 2 is 1.62 bits per heavy atom. The maximum atomic E-state index is 13.7. The molecule has 2 aromatic carbocycles. The molecule has 0 saturated carbocycles. The number of para-hydroxylation sites is 1. The molecule has 21 heavy (non-hydrogen) atoms. The summed E-state index contributed by atoms with van der Waals surface area (Å²) in [7, 11) is 0. The fourth-order valence-corrected chi connectivity index (χ4v) is 1.87. The molecule has 2 rings (SSSR count). The second-order valence-corrected chi connectivity index (χ2v) is 4.49. The van der Waals surface area contributed by atoms with Crippen LogP contribution >= 0.6 is 0 Å². The lowest BCUT2D eigenvalue weighted by atomic mass is 10.1. The van der Waals surface area contributed by atoms with Crippen molar-refractivity contribution in [3.8, 4) is 0 Å². The number of hydrogen-bond donors (Lipinski definition) is 2. The third-order valence-corrected chi connectivity index (χ3v) is 2.84. The largest absolute Gasteiger partial charge is 0.356 e. The lowest BCUT2D eigenvalue weighted by Crippen LogP contribution is -2.45. The van der Waals surface area contributed by atoms with Crippen LogP contribution in [0, 0.1) is 5.82 Å². The number of nitrogens with one attached hydrogen (secondary N) is 2. The summed E-state index contributed by atoms with van der Waals surface area (Å²) < 4.78 is 13.7. The van der Waals surface area contributed by atoms with Crippen LogP contribution in [0.25, 0.3) is 0 Å². The summed E-state index contributed by atoms with van der Waals surface area (Å²) in [5.74, 6) is -1.21. The predicted octanol–water partition coefficient (Wildman–Crippen LogP) is 2.58. The van der Waals surface area contributed by atoms with E-state index in [9.17, 15) is 14.0 Å². The number of carbonyl (C=O) groups is 2. The Balaban J connectivity index is 2.25. The van der Waals surface area contributed by atoms with Gasteiger partial charge in [0.1, 0.15) is 5.82 Å². The summed E-state index contributed by atoms with van der Waals surface area (Å²) >= 11 is 0. The van der Waals surface area contributed by atoms with Gasteiger partial charge in [0.25, 0.3) is 0 Å². The van der Waals surface area contributed by atoms with Gasteiger partial charge in [0.15, 0.2) is 6.17 Å². The van der Waals surface area contributed by atoms with Crippen LogP contribution < -0.4 is 10.6 Å². The summed E-state index contributed by atoms with van der Waals surface area (Å²) in [6.45, 7) is 1.30. The van der Waals surface area contributed by atoms with E-state index in [0.29, 0.717) is 5.56 Å². The first-order chi connectivity index (χ1) is 10.1. The first kappa shape index (κ1) is 14.7. The summed E-state index contributed by atoms with van der Waals surface area (Å²) in [5.41, 5.74) is 0.584.